The van der Waals surface area contributed by atoms with Gasteiger partial charge < -0.3 is 5.32 Å². The number of nitrogens with zero attached hydrogens (tertiary/aromatic N) is 2. The zero-order chi connectivity index (χ0) is 11.7. The van der Waals surface area contributed by atoms with Crippen molar-refractivity contribution in [1.82, 2.24) is 9.97 Å². The number of fused-ring (bicyclic) bond motifs is 1. The van der Waals surface area contributed by atoms with E-state index in [0.717, 1.165) is 23.8 Å². The summed E-state index contributed by atoms with van der Waals surface area (Å²) >= 11 is 1.74. The third-order valence-corrected chi connectivity index (χ3v) is 4.66. The van der Waals surface area contributed by atoms with Crippen LogP contribution >= 0.6 is 11.3 Å². The minimum Gasteiger partial charge on any atom is -0.369 e. The molecule has 90 valence electrons. The van der Waals surface area contributed by atoms with Crippen LogP contribution in [0.3, 0.4) is 0 Å². The number of thiophene rings is 1. The minimum absolute atomic E-state index is 0.834. The van der Waals surface area contributed by atoms with Crippen LogP contribution in [0, 0.1) is 12.8 Å². The number of anilines is 1. The van der Waals surface area contributed by atoms with Crippen LogP contribution in [-0.4, -0.2) is 16.5 Å². The molecule has 0 unspecified atom stereocenters. The normalized spacial score (nSPS) is 16.8. The summed E-state index contributed by atoms with van der Waals surface area (Å²) in [5, 5.41) is 5.66. The molecule has 0 bridgehead atoms. The second-order valence-electron chi connectivity index (χ2n) is 4.85. The lowest BCUT2D eigenvalue weighted by atomic mass is 10.1. The average Bonchev–Trinajstić information content (AvgIpc) is 2.97. The van der Waals surface area contributed by atoms with Crippen molar-refractivity contribution in [3.05, 3.63) is 17.3 Å². The SMILES string of the molecule is Cc1csc2c(NCC3CCCC3)ncnc12. The molecule has 17 heavy (non-hydrogen) atoms. The summed E-state index contributed by atoms with van der Waals surface area (Å²) in [7, 11) is 0. The van der Waals surface area contributed by atoms with E-state index in [9.17, 15) is 0 Å². The van der Waals surface area contributed by atoms with Gasteiger partial charge in [-0.15, -0.1) is 11.3 Å². The third-order valence-electron chi connectivity index (χ3n) is 3.56. The molecule has 0 aliphatic heterocycles. The molecule has 2 aromatic heterocycles. The van der Waals surface area contributed by atoms with Crippen LogP contribution < -0.4 is 5.32 Å². The number of rotatable bonds is 3. The molecule has 2 aromatic rings. The minimum atomic E-state index is 0.834. The number of aryl methyl sites for hydroxylation is 1. The Balaban J connectivity index is 1.79. The Morgan fingerprint density at radius 3 is 3.00 bits per heavy atom. The summed E-state index contributed by atoms with van der Waals surface area (Å²) in [6, 6.07) is 0. The van der Waals surface area contributed by atoms with Crippen molar-refractivity contribution in [2.45, 2.75) is 32.6 Å². The average molecular weight is 247 g/mol. The molecule has 0 saturated heterocycles. The first kappa shape index (κ1) is 11.0. The van der Waals surface area contributed by atoms with Crippen LogP contribution in [0.4, 0.5) is 5.82 Å². The summed E-state index contributed by atoms with van der Waals surface area (Å²) in [6.45, 7) is 3.16. The monoisotopic (exact) mass is 247 g/mol. The number of nitrogens with one attached hydrogen (secondary N) is 1. The molecule has 0 atom stereocenters. The fourth-order valence-corrected chi connectivity index (χ4v) is 3.52. The lowest BCUT2D eigenvalue weighted by Gasteiger charge is -2.11. The first-order valence-corrected chi connectivity index (χ1v) is 7.15. The van der Waals surface area contributed by atoms with Gasteiger partial charge in [-0.1, -0.05) is 12.8 Å². The first-order valence-electron chi connectivity index (χ1n) is 6.27. The molecule has 0 spiro atoms. The maximum Gasteiger partial charge on any atom is 0.147 e. The molecular formula is C13H17N3S. The second kappa shape index (κ2) is 4.61. The van der Waals surface area contributed by atoms with E-state index in [1.54, 1.807) is 17.7 Å². The molecule has 3 nitrogen and oxygen atoms in total. The van der Waals surface area contributed by atoms with Gasteiger partial charge in [0.2, 0.25) is 0 Å². The van der Waals surface area contributed by atoms with Crippen LogP contribution in [0.1, 0.15) is 31.2 Å². The van der Waals surface area contributed by atoms with E-state index >= 15 is 0 Å². The van der Waals surface area contributed by atoms with Gasteiger partial charge >= 0.3 is 0 Å². The molecule has 0 aromatic carbocycles. The molecule has 2 heterocycles. The van der Waals surface area contributed by atoms with Gasteiger partial charge in [-0.3, -0.25) is 0 Å². The van der Waals surface area contributed by atoms with Gasteiger partial charge in [0.1, 0.15) is 12.1 Å². The first-order chi connectivity index (χ1) is 8.34. The number of aromatic nitrogens is 2. The van der Waals surface area contributed by atoms with Gasteiger partial charge in [-0.25, -0.2) is 9.97 Å². The van der Waals surface area contributed by atoms with E-state index in [4.69, 9.17) is 0 Å². The lowest BCUT2D eigenvalue weighted by Crippen LogP contribution is -2.11. The quantitative estimate of drug-likeness (QED) is 0.900. The molecular weight excluding hydrogens is 230 g/mol. The van der Waals surface area contributed by atoms with E-state index in [2.05, 4.69) is 27.6 Å². The summed E-state index contributed by atoms with van der Waals surface area (Å²) in [5.74, 6) is 1.85. The number of hydrogen-bond acceptors (Lipinski definition) is 4. The van der Waals surface area contributed by atoms with Crippen LogP contribution in [0.15, 0.2) is 11.7 Å². The molecule has 0 radical (unpaired) electrons. The Morgan fingerprint density at radius 2 is 2.18 bits per heavy atom. The second-order valence-corrected chi connectivity index (χ2v) is 5.73. The Morgan fingerprint density at radius 1 is 1.35 bits per heavy atom. The highest BCUT2D eigenvalue weighted by molar-refractivity contribution is 7.18. The molecule has 4 heteroatoms. The molecule has 1 aliphatic carbocycles. The van der Waals surface area contributed by atoms with Crippen molar-refractivity contribution in [1.29, 1.82) is 0 Å². The molecule has 1 aliphatic rings. The molecule has 3 rings (SSSR count). The maximum absolute atomic E-state index is 4.37. The van der Waals surface area contributed by atoms with Crippen LogP contribution in [0.5, 0.6) is 0 Å². The number of hydrogen-bond donors (Lipinski definition) is 1. The molecule has 0 amide bonds. The standard InChI is InChI=1S/C13H17N3S/c1-9-7-17-12-11(9)15-8-16-13(12)14-6-10-4-2-3-5-10/h7-8,10H,2-6H2,1H3,(H,14,15,16). The van der Waals surface area contributed by atoms with Gasteiger partial charge in [0.05, 0.1) is 10.2 Å². The Kier molecular flexibility index (Phi) is 2.97. The Hall–Kier alpha value is -1.16. The van der Waals surface area contributed by atoms with Gasteiger partial charge in [0.15, 0.2) is 0 Å². The third kappa shape index (κ3) is 2.14. The zero-order valence-corrected chi connectivity index (χ0v) is 10.9. The van der Waals surface area contributed by atoms with Crippen molar-refractivity contribution in [2.24, 2.45) is 5.92 Å². The highest BCUT2D eigenvalue weighted by Gasteiger charge is 2.15. The van der Waals surface area contributed by atoms with Gasteiger partial charge in [0, 0.05) is 6.54 Å². The van der Waals surface area contributed by atoms with E-state index in [1.165, 1.54) is 35.9 Å². The smallest absolute Gasteiger partial charge is 0.147 e. The van der Waals surface area contributed by atoms with E-state index in [-0.39, 0.29) is 0 Å². The van der Waals surface area contributed by atoms with Gasteiger partial charge in [-0.05, 0) is 36.6 Å². The maximum atomic E-state index is 4.37. The largest absolute Gasteiger partial charge is 0.369 e. The van der Waals surface area contributed by atoms with Crippen LogP contribution in [-0.2, 0) is 0 Å². The van der Waals surface area contributed by atoms with Gasteiger partial charge in [0.25, 0.3) is 0 Å². The van der Waals surface area contributed by atoms with E-state index in [1.807, 2.05) is 0 Å². The Bertz CT molecular complexity index is 514. The van der Waals surface area contributed by atoms with Crippen molar-refractivity contribution in [2.75, 3.05) is 11.9 Å². The predicted molar refractivity (Wildman–Crippen MR) is 72.6 cm³/mol. The summed E-state index contributed by atoms with van der Waals surface area (Å²) in [6.07, 6.45) is 7.18. The predicted octanol–water partition coefficient (Wildman–Crippen LogP) is 3.60. The molecule has 1 saturated carbocycles. The Labute approximate surface area is 105 Å². The van der Waals surface area contributed by atoms with Crippen molar-refractivity contribution >= 4 is 27.4 Å². The summed E-state index contributed by atoms with van der Waals surface area (Å²) in [4.78, 5) is 8.71. The van der Waals surface area contributed by atoms with E-state index in [0.29, 0.717) is 0 Å². The molecule has 1 N–H and O–H groups in total. The molecule has 1 fully saturated rings. The van der Waals surface area contributed by atoms with Crippen molar-refractivity contribution in [3.63, 3.8) is 0 Å². The lowest BCUT2D eigenvalue weighted by molar-refractivity contribution is 0.579. The van der Waals surface area contributed by atoms with Gasteiger partial charge in [-0.2, -0.15) is 0 Å². The van der Waals surface area contributed by atoms with Crippen LogP contribution in [0.2, 0.25) is 0 Å². The van der Waals surface area contributed by atoms with Crippen molar-refractivity contribution < 1.29 is 0 Å². The topological polar surface area (TPSA) is 37.8 Å². The highest BCUT2D eigenvalue weighted by Crippen LogP contribution is 2.30. The fraction of sp³-hybridized carbons (Fsp3) is 0.538. The highest BCUT2D eigenvalue weighted by atomic mass is 32.1. The van der Waals surface area contributed by atoms with Crippen molar-refractivity contribution in [3.8, 4) is 0 Å². The van der Waals surface area contributed by atoms with Crippen LogP contribution in [0.25, 0.3) is 10.2 Å². The van der Waals surface area contributed by atoms with E-state index < -0.39 is 0 Å². The zero-order valence-electron chi connectivity index (χ0n) is 10.1. The summed E-state index contributed by atoms with van der Waals surface area (Å²) in [5.41, 5.74) is 2.34. The summed E-state index contributed by atoms with van der Waals surface area (Å²) < 4.78 is 1.20. The fourth-order valence-electron chi connectivity index (χ4n) is 2.55.